The van der Waals surface area contributed by atoms with E-state index in [1.165, 1.54) is 0 Å². The van der Waals surface area contributed by atoms with Crippen molar-refractivity contribution < 1.29 is 18.4 Å². The summed E-state index contributed by atoms with van der Waals surface area (Å²) in [4.78, 5) is 27.3. The number of likely N-dealkylation sites (N-methyl/N-ethyl adjacent to an activating group) is 1. The third kappa shape index (κ3) is 5.33. The van der Waals surface area contributed by atoms with Crippen molar-refractivity contribution in [2.75, 3.05) is 20.1 Å². The highest BCUT2D eigenvalue weighted by molar-refractivity contribution is 5.93. The third-order valence-corrected chi connectivity index (χ3v) is 2.35. The molecule has 0 atom stereocenters. The highest BCUT2D eigenvalue weighted by atomic mass is 16.5. The Morgan fingerprint density at radius 3 is 2.88 bits per heavy atom. The second-order valence-electron chi connectivity index (χ2n) is 3.83. The summed E-state index contributed by atoms with van der Waals surface area (Å²) >= 11 is 0. The van der Waals surface area contributed by atoms with E-state index < -0.39 is 31.4 Å². The van der Waals surface area contributed by atoms with Gasteiger partial charge in [0.05, 0.1) is 6.61 Å². The third-order valence-electron chi connectivity index (χ3n) is 2.35. The molecular formula is C11H19N3O3. The molecule has 0 saturated heterocycles. The summed E-state index contributed by atoms with van der Waals surface area (Å²) in [5.41, 5.74) is 5.52. The zero-order valence-electron chi connectivity index (χ0n) is 12.6. The Balaban J connectivity index is 2.90. The fourth-order valence-electron chi connectivity index (χ4n) is 1.42. The van der Waals surface area contributed by atoms with Crippen molar-refractivity contribution in [2.24, 2.45) is 10.7 Å². The molecule has 0 spiro atoms. The molecule has 1 amide bonds. The summed E-state index contributed by atoms with van der Waals surface area (Å²) in [7, 11) is 0. The normalized spacial score (nSPS) is 24.1. The Hall–Kier alpha value is -1.59. The standard InChI is InChI=1S/C11H19N3O3/c1-14-8-10(16)17-7-5-3-2-4-6-9(15)13-11(14)12/h2-8H2,1H3,(H2,12,13,15)/i1D3. The molecule has 1 rings (SSSR count). The van der Waals surface area contributed by atoms with Gasteiger partial charge in [0.15, 0.2) is 5.96 Å². The first-order valence-electron chi connectivity index (χ1n) is 7.11. The highest BCUT2D eigenvalue weighted by Crippen LogP contribution is 2.05. The molecule has 1 aliphatic heterocycles. The molecule has 1 aliphatic rings. The predicted molar refractivity (Wildman–Crippen MR) is 63.3 cm³/mol. The Kier molecular flexibility index (Phi) is 3.82. The number of cyclic esters (lactones) is 1. The number of aliphatic imine (C=N–C) groups is 1. The van der Waals surface area contributed by atoms with Crippen LogP contribution in [0.5, 0.6) is 0 Å². The van der Waals surface area contributed by atoms with Crippen LogP contribution in [0.1, 0.15) is 36.2 Å². The van der Waals surface area contributed by atoms with Crippen molar-refractivity contribution in [1.29, 1.82) is 0 Å². The number of carbonyl (C=O) groups excluding carboxylic acids is 2. The number of ether oxygens (including phenoxy) is 1. The largest absolute Gasteiger partial charge is 0.464 e. The molecule has 2 N–H and O–H groups in total. The van der Waals surface area contributed by atoms with E-state index in [1.807, 2.05) is 0 Å². The van der Waals surface area contributed by atoms with Gasteiger partial charge in [0.25, 0.3) is 0 Å². The second kappa shape index (κ2) is 6.88. The molecule has 6 heteroatoms. The fourth-order valence-corrected chi connectivity index (χ4v) is 1.42. The van der Waals surface area contributed by atoms with Crippen molar-refractivity contribution in [3.05, 3.63) is 0 Å². The van der Waals surface area contributed by atoms with E-state index in [0.29, 0.717) is 17.7 Å². The van der Waals surface area contributed by atoms with Crippen molar-refractivity contribution in [3.63, 3.8) is 0 Å². The lowest BCUT2D eigenvalue weighted by Crippen LogP contribution is -2.38. The van der Waals surface area contributed by atoms with E-state index in [1.54, 1.807) is 0 Å². The smallest absolute Gasteiger partial charge is 0.325 e. The number of carbonyl (C=O) groups is 2. The van der Waals surface area contributed by atoms with Gasteiger partial charge in [-0.05, 0) is 12.8 Å². The van der Waals surface area contributed by atoms with Gasteiger partial charge < -0.3 is 15.4 Å². The molecule has 96 valence electrons. The Morgan fingerprint density at radius 1 is 1.35 bits per heavy atom. The molecule has 17 heavy (non-hydrogen) atoms. The average Bonchev–Trinajstić information content (AvgIpc) is 2.33. The molecule has 0 unspecified atom stereocenters. The van der Waals surface area contributed by atoms with Crippen LogP contribution >= 0.6 is 0 Å². The van der Waals surface area contributed by atoms with Gasteiger partial charge in [0.2, 0.25) is 5.91 Å². The van der Waals surface area contributed by atoms with Crippen LogP contribution in [-0.2, 0) is 14.3 Å². The number of nitrogens with two attached hydrogens (primary N) is 1. The summed E-state index contributed by atoms with van der Waals surface area (Å²) in [6, 6.07) is 0. The van der Waals surface area contributed by atoms with Crippen LogP contribution in [0.25, 0.3) is 0 Å². The van der Waals surface area contributed by atoms with Gasteiger partial charge in [0, 0.05) is 17.5 Å². The summed E-state index contributed by atoms with van der Waals surface area (Å²) in [5, 5.41) is 0. The second-order valence-corrected chi connectivity index (χ2v) is 3.83. The van der Waals surface area contributed by atoms with Crippen LogP contribution in [0.15, 0.2) is 4.99 Å². The van der Waals surface area contributed by atoms with E-state index >= 15 is 0 Å². The molecule has 6 nitrogen and oxygen atoms in total. The first kappa shape index (κ1) is 9.44. The van der Waals surface area contributed by atoms with Crippen molar-refractivity contribution in [2.45, 2.75) is 32.1 Å². The first-order valence-corrected chi connectivity index (χ1v) is 5.61. The monoisotopic (exact) mass is 244 g/mol. The summed E-state index contributed by atoms with van der Waals surface area (Å²) in [6.45, 7) is -2.98. The van der Waals surface area contributed by atoms with Crippen LogP contribution in [0.3, 0.4) is 0 Å². The fraction of sp³-hybridized carbons (Fsp3) is 0.727. The molecule has 0 aromatic heterocycles. The molecule has 0 saturated carbocycles. The Morgan fingerprint density at radius 2 is 2.12 bits per heavy atom. The zero-order valence-corrected chi connectivity index (χ0v) is 9.65. The van der Waals surface area contributed by atoms with Crippen LogP contribution in [0.4, 0.5) is 0 Å². The van der Waals surface area contributed by atoms with Gasteiger partial charge in [-0.15, -0.1) is 0 Å². The molecular weight excluding hydrogens is 222 g/mol. The van der Waals surface area contributed by atoms with Crippen LogP contribution in [-0.4, -0.2) is 42.9 Å². The number of nitrogens with zero attached hydrogens (tertiary/aromatic N) is 2. The van der Waals surface area contributed by atoms with Crippen molar-refractivity contribution in [1.82, 2.24) is 4.90 Å². The van der Waals surface area contributed by atoms with Gasteiger partial charge in [0.1, 0.15) is 6.54 Å². The lowest BCUT2D eigenvalue weighted by molar-refractivity contribution is -0.144. The predicted octanol–water partition coefficient (Wildman–Crippen LogP) is 0.267. The molecule has 0 aliphatic carbocycles. The quantitative estimate of drug-likeness (QED) is 0.618. The van der Waals surface area contributed by atoms with E-state index in [2.05, 4.69) is 4.99 Å². The van der Waals surface area contributed by atoms with Gasteiger partial charge in [-0.25, -0.2) is 0 Å². The first-order chi connectivity index (χ1) is 9.30. The number of hydrogen-bond acceptors (Lipinski definition) is 5. The maximum Gasteiger partial charge on any atom is 0.325 e. The molecule has 1 heterocycles. The number of esters is 1. The SMILES string of the molecule is [2H]C([2H])([2H])N1CC(=O)OCCCCCCC(=O)N=C1N. The minimum atomic E-state index is -2.66. The van der Waals surface area contributed by atoms with Crippen LogP contribution in [0, 0.1) is 0 Å². The molecule has 0 radical (unpaired) electrons. The van der Waals surface area contributed by atoms with Crippen LogP contribution in [0.2, 0.25) is 0 Å². The number of guanidine groups is 1. The van der Waals surface area contributed by atoms with E-state index in [9.17, 15) is 9.59 Å². The minimum Gasteiger partial charge on any atom is -0.464 e. The van der Waals surface area contributed by atoms with E-state index in [4.69, 9.17) is 14.6 Å². The summed E-state index contributed by atoms with van der Waals surface area (Å²) < 4.78 is 26.9. The molecule has 0 fully saturated rings. The minimum absolute atomic E-state index is 0.213. The van der Waals surface area contributed by atoms with Gasteiger partial charge >= 0.3 is 5.97 Å². The van der Waals surface area contributed by atoms with Crippen LogP contribution < -0.4 is 5.73 Å². The Labute approximate surface area is 105 Å². The van der Waals surface area contributed by atoms with Crippen molar-refractivity contribution >= 4 is 17.8 Å². The van der Waals surface area contributed by atoms with E-state index in [0.717, 1.165) is 12.8 Å². The lowest BCUT2D eigenvalue weighted by atomic mass is 10.1. The average molecular weight is 244 g/mol. The topological polar surface area (TPSA) is 85.0 Å². The van der Waals surface area contributed by atoms with Gasteiger partial charge in [-0.3, -0.25) is 9.59 Å². The lowest BCUT2D eigenvalue weighted by Gasteiger charge is -2.16. The number of hydrogen-bond donors (Lipinski definition) is 1. The highest BCUT2D eigenvalue weighted by Gasteiger charge is 2.12. The molecule has 0 bridgehead atoms. The van der Waals surface area contributed by atoms with Gasteiger partial charge in [-0.2, -0.15) is 4.99 Å². The Bertz CT molecular complexity index is 396. The zero-order chi connectivity index (χ0) is 15.2. The van der Waals surface area contributed by atoms with E-state index in [-0.39, 0.29) is 13.0 Å². The maximum atomic E-state index is 11.6. The van der Waals surface area contributed by atoms with Crippen molar-refractivity contribution in [3.8, 4) is 0 Å². The molecule has 0 aromatic rings. The number of amides is 1. The number of rotatable bonds is 0. The molecule has 0 aromatic carbocycles. The van der Waals surface area contributed by atoms with Gasteiger partial charge in [-0.1, -0.05) is 12.8 Å². The summed E-state index contributed by atoms with van der Waals surface area (Å²) in [5.74, 6) is -1.67. The maximum absolute atomic E-state index is 11.6. The summed E-state index contributed by atoms with van der Waals surface area (Å²) in [6.07, 6.45) is 3.20.